The van der Waals surface area contributed by atoms with Gasteiger partial charge >= 0.3 is 11.9 Å². The zero-order chi connectivity index (χ0) is 16.3. The number of carboxylic acids is 1. The van der Waals surface area contributed by atoms with Crippen molar-refractivity contribution in [1.29, 1.82) is 0 Å². The molecule has 2 aromatic carbocycles. The van der Waals surface area contributed by atoms with Gasteiger partial charge in [0.25, 0.3) is 0 Å². The van der Waals surface area contributed by atoms with E-state index >= 15 is 0 Å². The summed E-state index contributed by atoms with van der Waals surface area (Å²) in [6, 6.07) is 8.19. The molecule has 0 unspecified atom stereocenters. The number of halogens is 1. The highest BCUT2D eigenvalue weighted by Gasteiger charge is 2.14. The van der Waals surface area contributed by atoms with Gasteiger partial charge in [-0.2, -0.15) is 0 Å². The van der Waals surface area contributed by atoms with Crippen LogP contribution in [-0.2, 0) is 4.74 Å². The number of aromatic carboxylic acids is 1. The second-order valence-electron chi connectivity index (χ2n) is 4.56. The number of nitrogens with two attached hydrogens (primary N) is 1. The van der Waals surface area contributed by atoms with Crippen LogP contribution >= 0.6 is 0 Å². The molecule has 0 bridgehead atoms. The fourth-order valence-corrected chi connectivity index (χ4v) is 2.01. The van der Waals surface area contributed by atoms with Gasteiger partial charge in [-0.3, -0.25) is 0 Å². The summed E-state index contributed by atoms with van der Waals surface area (Å²) in [5.41, 5.74) is 6.61. The standard InChI is InChI=1S/C16H14FNO4/c1-2-22-16(21)13-4-3-9(8-14(13)17)10-5-11(15(19)20)7-12(18)6-10/h3-8H,2,18H2,1H3,(H,19,20). The van der Waals surface area contributed by atoms with Crippen LogP contribution in [0.2, 0.25) is 0 Å². The fourth-order valence-electron chi connectivity index (χ4n) is 2.01. The molecule has 0 atom stereocenters. The Morgan fingerprint density at radius 2 is 1.91 bits per heavy atom. The minimum Gasteiger partial charge on any atom is -0.478 e. The number of hydrogen-bond donors (Lipinski definition) is 2. The van der Waals surface area contributed by atoms with Crippen molar-refractivity contribution in [2.75, 3.05) is 12.3 Å². The Morgan fingerprint density at radius 3 is 2.50 bits per heavy atom. The Morgan fingerprint density at radius 1 is 1.18 bits per heavy atom. The number of benzene rings is 2. The number of anilines is 1. The summed E-state index contributed by atoms with van der Waals surface area (Å²) in [5.74, 6) is -2.61. The van der Waals surface area contributed by atoms with Gasteiger partial charge in [-0.05, 0) is 48.4 Å². The van der Waals surface area contributed by atoms with E-state index in [2.05, 4.69) is 0 Å². The Balaban J connectivity index is 2.44. The van der Waals surface area contributed by atoms with Crippen LogP contribution in [0, 0.1) is 5.82 Å². The maximum Gasteiger partial charge on any atom is 0.341 e. The lowest BCUT2D eigenvalue weighted by Crippen LogP contribution is -2.07. The van der Waals surface area contributed by atoms with E-state index in [0.717, 1.165) is 6.07 Å². The van der Waals surface area contributed by atoms with Crippen LogP contribution in [0.15, 0.2) is 36.4 Å². The lowest BCUT2D eigenvalue weighted by molar-refractivity contribution is 0.0520. The van der Waals surface area contributed by atoms with Gasteiger partial charge in [-0.25, -0.2) is 14.0 Å². The van der Waals surface area contributed by atoms with Crippen molar-refractivity contribution in [3.05, 3.63) is 53.3 Å². The van der Waals surface area contributed by atoms with Crippen molar-refractivity contribution in [2.24, 2.45) is 0 Å². The molecular formula is C16H14FNO4. The lowest BCUT2D eigenvalue weighted by Gasteiger charge is -2.08. The highest BCUT2D eigenvalue weighted by molar-refractivity contribution is 5.92. The van der Waals surface area contributed by atoms with Crippen LogP contribution in [0.4, 0.5) is 10.1 Å². The highest BCUT2D eigenvalue weighted by atomic mass is 19.1. The van der Waals surface area contributed by atoms with Crippen LogP contribution in [0.25, 0.3) is 11.1 Å². The van der Waals surface area contributed by atoms with Crippen LogP contribution in [0.1, 0.15) is 27.6 Å². The molecule has 0 aliphatic rings. The first-order chi connectivity index (χ1) is 10.4. The number of carbonyl (C=O) groups excluding carboxylic acids is 1. The highest BCUT2D eigenvalue weighted by Crippen LogP contribution is 2.26. The first kappa shape index (κ1) is 15.5. The third kappa shape index (κ3) is 3.22. The van der Waals surface area contributed by atoms with Gasteiger partial charge in [0.05, 0.1) is 17.7 Å². The van der Waals surface area contributed by atoms with Crippen LogP contribution in [-0.4, -0.2) is 23.7 Å². The van der Waals surface area contributed by atoms with Crippen molar-refractivity contribution in [1.82, 2.24) is 0 Å². The van der Waals surface area contributed by atoms with Gasteiger partial charge < -0.3 is 15.6 Å². The quantitative estimate of drug-likeness (QED) is 0.669. The molecule has 5 nitrogen and oxygen atoms in total. The van der Waals surface area contributed by atoms with E-state index in [4.69, 9.17) is 15.6 Å². The molecule has 0 spiro atoms. The summed E-state index contributed by atoms with van der Waals surface area (Å²) in [6.45, 7) is 1.78. The largest absolute Gasteiger partial charge is 0.478 e. The van der Waals surface area contributed by atoms with Crippen molar-refractivity contribution in [3.63, 3.8) is 0 Å². The van der Waals surface area contributed by atoms with Gasteiger partial charge in [-0.15, -0.1) is 0 Å². The van der Waals surface area contributed by atoms with Crippen molar-refractivity contribution in [2.45, 2.75) is 6.92 Å². The second-order valence-corrected chi connectivity index (χ2v) is 4.56. The summed E-state index contributed by atoms with van der Waals surface area (Å²) in [5, 5.41) is 9.02. The van der Waals surface area contributed by atoms with Gasteiger partial charge in [-0.1, -0.05) is 6.07 Å². The number of nitrogen functional groups attached to an aromatic ring is 1. The van der Waals surface area contributed by atoms with Crippen molar-refractivity contribution >= 4 is 17.6 Å². The predicted molar refractivity (Wildman–Crippen MR) is 79.2 cm³/mol. The fraction of sp³-hybridized carbons (Fsp3) is 0.125. The van der Waals surface area contributed by atoms with Crippen LogP contribution in [0.5, 0.6) is 0 Å². The van der Waals surface area contributed by atoms with E-state index in [0.29, 0.717) is 11.1 Å². The zero-order valence-electron chi connectivity index (χ0n) is 11.8. The monoisotopic (exact) mass is 303 g/mol. The number of rotatable bonds is 4. The molecule has 22 heavy (non-hydrogen) atoms. The van der Waals surface area contributed by atoms with E-state index < -0.39 is 17.8 Å². The molecule has 0 aromatic heterocycles. The van der Waals surface area contributed by atoms with Gasteiger partial charge in [0, 0.05) is 5.69 Å². The lowest BCUT2D eigenvalue weighted by atomic mass is 10.0. The van der Waals surface area contributed by atoms with Gasteiger partial charge in [0.2, 0.25) is 0 Å². The first-order valence-corrected chi connectivity index (χ1v) is 6.53. The molecule has 3 N–H and O–H groups in total. The Labute approximate surface area is 126 Å². The van der Waals surface area contributed by atoms with Gasteiger partial charge in [0.15, 0.2) is 0 Å². The van der Waals surface area contributed by atoms with Crippen molar-refractivity contribution in [3.8, 4) is 11.1 Å². The normalized spacial score (nSPS) is 10.3. The summed E-state index contributed by atoms with van der Waals surface area (Å²) in [6.07, 6.45) is 0. The second kappa shape index (κ2) is 6.26. The summed E-state index contributed by atoms with van der Waals surface area (Å²) in [7, 11) is 0. The van der Waals surface area contributed by atoms with Crippen molar-refractivity contribution < 1.29 is 23.8 Å². The van der Waals surface area contributed by atoms with E-state index in [1.165, 1.54) is 30.3 Å². The third-order valence-electron chi connectivity index (χ3n) is 3.00. The zero-order valence-corrected chi connectivity index (χ0v) is 11.8. The molecule has 0 saturated heterocycles. The molecule has 0 aliphatic heterocycles. The smallest absolute Gasteiger partial charge is 0.341 e. The molecule has 0 aliphatic carbocycles. The number of carbonyl (C=O) groups is 2. The Hall–Kier alpha value is -2.89. The van der Waals surface area contributed by atoms with E-state index in [-0.39, 0.29) is 23.4 Å². The van der Waals surface area contributed by atoms with Crippen LogP contribution in [0.3, 0.4) is 0 Å². The summed E-state index contributed by atoms with van der Waals surface area (Å²) >= 11 is 0. The average Bonchev–Trinajstić information content (AvgIpc) is 2.46. The number of ether oxygens (including phenoxy) is 1. The molecule has 0 heterocycles. The third-order valence-corrected chi connectivity index (χ3v) is 3.00. The number of esters is 1. The minimum atomic E-state index is -1.13. The Kier molecular flexibility index (Phi) is 4.41. The summed E-state index contributed by atoms with van der Waals surface area (Å²) < 4.78 is 18.8. The predicted octanol–water partition coefficient (Wildman–Crippen LogP) is 2.95. The maximum absolute atomic E-state index is 14.0. The number of carboxylic acid groups (broad SMARTS) is 1. The van der Waals surface area contributed by atoms with E-state index in [1.807, 2.05) is 0 Å². The maximum atomic E-state index is 14.0. The van der Waals surface area contributed by atoms with Crippen LogP contribution < -0.4 is 5.73 Å². The average molecular weight is 303 g/mol. The van der Waals surface area contributed by atoms with E-state index in [1.54, 1.807) is 6.92 Å². The molecule has 0 amide bonds. The molecule has 114 valence electrons. The molecule has 0 radical (unpaired) electrons. The molecule has 0 saturated carbocycles. The minimum absolute atomic E-state index is 0.00452. The first-order valence-electron chi connectivity index (χ1n) is 6.53. The topological polar surface area (TPSA) is 89.6 Å². The van der Waals surface area contributed by atoms with Gasteiger partial charge in [0.1, 0.15) is 5.82 Å². The molecule has 2 aromatic rings. The molecule has 0 fully saturated rings. The number of hydrogen-bond acceptors (Lipinski definition) is 4. The molecular weight excluding hydrogens is 289 g/mol. The SMILES string of the molecule is CCOC(=O)c1ccc(-c2cc(N)cc(C(=O)O)c2)cc1F. The summed E-state index contributed by atoms with van der Waals surface area (Å²) in [4.78, 5) is 22.6. The van der Waals surface area contributed by atoms with E-state index in [9.17, 15) is 14.0 Å². The molecule has 2 rings (SSSR count). The molecule has 6 heteroatoms. The Bertz CT molecular complexity index is 743.